The fraction of sp³-hybridized carbons (Fsp3) is 0.381. The molecule has 0 saturated heterocycles. The van der Waals surface area contributed by atoms with Gasteiger partial charge in [0.25, 0.3) is 0 Å². The van der Waals surface area contributed by atoms with Crippen molar-refractivity contribution in [1.29, 1.82) is 0 Å². The number of hydrogen-bond acceptors (Lipinski definition) is 3. The Kier molecular flexibility index (Phi) is 4.93. The molecule has 1 amide bonds. The molecule has 9 heteroatoms. The van der Waals surface area contributed by atoms with Gasteiger partial charge in [-0.05, 0) is 67.9 Å². The number of benzene rings is 2. The number of carbonyl (C=O) groups excluding carboxylic acids is 1. The fourth-order valence-electron chi connectivity index (χ4n) is 4.51. The molecular weight excluding hydrogens is 417 g/mol. The molecule has 1 heterocycles. The van der Waals surface area contributed by atoms with Crippen LogP contribution in [0.1, 0.15) is 43.2 Å². The predicted octanol–water partition coefficient (Wildman–Crippen LogP) is 4.49. The second kappa shape index (κ2) is 7.09. The summed E-state index contributed by atoms with van der Waals surface area (Å²) in [5.74, 6) is -0.212. The SMILES string of the molecule is CNS(=O)(=O)c1ccc2c(c1)C1(CCCCC1)C(=O)N2c1ccc(C(F)(F)F)cc1. The lowest BCUT2D eigenvalue weighted by Crippen LogP contribution is -2.40. The Labute approximate surface area is 172 Å². The number of nitrogens with one attached hydrogen (secondary N) is 1. The average molecular weight is 438 g/mol. The Hall–Kier alpha value is -2.39. The molecule has 160 valence electrons. The van der Waals surface area contributed by atoms with Gasteiger partial charge < -0.3 is 0 Å². The van der Waals surface area contributed by atoms with Crippen LogP contribution in [0.25, 0.3) is 0 Å². The average Bonchev–Trinajstić information content (AvgIpc) is 2.95. The summed E-state index contributed by atoms with van der Waals surface area (Å²) in [6, 6.07) is 8.99. The second-order valence-electron chi connectivity index (χ2n) is 7.71. The zero-order valence-corrected chi connectivity index (χ0v) is 17.1. The standard InChI is InChI=1S/C21H21F3N2O3S/c1-25-30(28,29)16-9-10-18-17(13-16)20(11-3-2-4-12-20)19(27)26(18)15-7-5-14(6-8-15)21(22,23)24/h5-10,13,25H,2-4,11-12H2,1H3. The minimum atomic E-state index is -4.47. The van der Waals surface area contributed by atoms with E-state index in [1.165, 1.54) is 36.2 Å². The zero-order valence-electron chi connectivity index (χ0n) is 16.3. The highest BCUT2D eigenvalue weighted by atomic mass is 32.2. The van der Waals surface area contributed by atoms with Crippen LogP contribution in [-0.2, 0) is 26.4 Å². The number of anilines is 2. The Morgan fingerprint density at radius 2 is 1.63 bits per heavy atom. The molecule has 1 N–H and O–H groups in total. The lowest BCUT2D eigenvalue weighted by Gasteiger charge is -2.32. The number of carbonyl (C=O) groups is 1. The van der Waals surface area contributed by atoms with Gasteiger partial charge in [-0.1, -0.05) is 19.3 Å². The van der Waals surface area contributed by atoms with E-state index in [9.17, 15) is 26.4 Å². The number of nitrogens with zero attached hydrogens (tertiary/aromatic N) is 1. The van der Waals surface area contributed by atoms with Crippen molar-refractivity contribution in [3.8, 4) is 0 Å². The molecule has 4 rings (SSSR count). The minimum absolute atomic E-state index is 0.0655. The van der Waals surface area contributed by atoms with Gasteiger partial charge >= 0.3 is 6.18 Å². The van der Waals surface area contributed by atoms with Gasteiger partial charge in [-0.15, -0.1) is 0 Å². The molecule has 1 spiro atoms. The third kappa shape index (κ3) is 3.20. The number of amides is 1. The van der Waals surface area contributed by atoms with Gasteiger partial charge in [0.2, 0.25) is 15.9 Å². The summed E-state index contributed by atoms with van der Waals surface area (Å²) in [4.78, 5) is 15.1. The number of sulfonamides is 1. The summed E-state index contributed by atoms with van der Waals surface area (Å²) < 4.78 is 65.8. The van der Waals surface area contributed by atoms with E-state index in [2.05, 4.69) is 4.72 Å². The van der Waals surface area contributed by atoms with Crippen LogP contribution >= 0.6 is 0 Å². The molecule has 2 aliphatic rings. The molecule has 0 radical (unpaired) electrons. The first-order valence-electron chi connectivity index (χ1n) is 9.70. The lowest BCUT2D eigenvalue weighted by molar-refractivity contribution is -0.137. The van der Waals surface area contributed by atoms with Crippen molar-refractivity contribution in [2.24, 2.45) is 0 Å². The van der Waals surface area contributed by atoms with Crippen LogP contribution in [0.2, 0.25) is 0 Å². The molecule has 1 aliphatic carbocycles. The maximum atomic E-state index is 13.6. The van der Waals surface area contributed by atoms with Crippen molar-refractivity contribution in [1.82, 2.24) is 4.72 Å². The Morgan fingerprint density at radius 3 is 2.20 bits per heavy atom. The maximum absolute atomic E-state index is 13.6. The van der Waals surface area contributed by atoms with Crippen LogP contribution in [-0.4, -0.2) is 21.4 Å². The summed E-state index contributed by atoms with van der Waals surface area (Å²) in [5.41, 5.74) is -0.155. The van der Waals surface area contributed by atoms with Gasteiger partial charge in [-0.25, -0.2) is 13.1 Å². The van der Waals surface area contributed by atoms with Crippen molar-refractivity contribution in [2.45, 2.75) is 48.6 Å². The van der Waals surface area contributed by atoms with Crippen molar-refractivity contribution < 1.29 is 26.4 Å². The summed E-state index contributed by atoms with van der Waals surface area (Å²) in [6.07, 6.45) is -0.659. The van der Waals surface area contributed by atoms with Crippen LogP contribution in [0.5, 0.6) is 0 Å². The van der Waals surface area contributed by atoms with E-state index < -0.39 is 27.2 Å². The molecule has 30 heavy (non-hydrogen) atoms. The Bertz CT molecular complexity index is 1090. The number of hydrogen-bond donors (Lipinski definition) is 1. The van der Waals surface area contributed by atoms with Crippen LogP contribution in [0.4, 0.5) is 24.5 Å². The minimum Gasteiger partial charge on any atom is -0.280 e. The quantitative estimate of drug-likeness (QED) is 0.768. The van der Waals surface area contributed by atoms with Crippen molar-refractivity contribution in [3.63, 3.8) is 0 Å². The van der Waals surface area contributed by atoms with Gasteiger partial charge in [-0.2, -0.15) is 13.2 Å². The third-order valence-corrected chi connectivity index (χ3v) is 7.49. The number of alkyl halides is 3. The Morgan fingerprint density at radius 1 is 1.00 bits per heavy atom. The van der Waals surface area contributed by atoms with Crippen molar-refractivity contribution >= 4 is 27.3 Å². The molecule has 0 aromatic heterocycles. The molecule has 0 atom stereocenters. The highest BCUT2D eigenvalue weighted by Gasteiger charge is 2.51. The van der Waals surface area contributed by atoms with Gasteiger partial charge in [0.1, 0.15) is 0 Å². The van der Waals surface area contributed by atoms with Gasteiger partial charge in [0.05, 0.1) is 21.6 Å². The lowest BCUT2D eigenvalue weighted by atomic mass is 9.70. The highest BCUT2D eigenvalue weighted by Crippen LogP contribution is 2.53. The summed E-state index contributed by atoms with van der Waals surface area (Å²) in [5, 5.41) is 0. The van der Waals surface area contributed by atoms with Crippen molar-refractivity contribution in [3.05, 3.63) is 53.6 Å². The predicted molar refractivity (Wildman–Crippen MR) is 106 cm³/mol. The first-order chi connectivity index (χ1) is 14.1. The van der Waals surface area contributed by atoms with Gasteiger partial charge in [0, 0.05) is 5.69 Å². The molecule has 1 fully saturated rings. The van der Waals surface area contributed by atoms with E-state index in [1.54, 1.807) is 6.07 Å². The normalized spacial score (nSPS) is 18.7. The number of fused-ring (bicyclic) bond motifs is 2. The van der Waals surface area contributed by atoms with Crippen LogP contribution < -0.4 is 9.62 Å². The first kappa shape index (κ1) is 20.9. The molecular formula is C21H21F3N2O3S. The summed E-state index contributed by atoms with van der Waals surface area (Å²) >= 11 is 0. The molecule has 1 saturated carbocycles. The van der Waals surface area contributed by atoms with Gasteiger partial charge in [-0.3, -0.25) is 9.69 Å². The van der Waals surface area contributed by atoms with E-state index in [0.29, 0.717) is 29.8 Å². The molecule has 0 unspecified atom stereocenters. The van der Waals surface area contributed by atoms with Crippen molar-refractivity contribution in [2.75, 3.05) is 11.9 Å². The maximum Gasteiger partial charge on any atom is 0.416 e. The molecule has 0 bridgehead atoms. The van der Waals surface area contributed by atoms with E-state index in [4.69, 9.17) is 0 Å². The van der Waals surface area contributed by atoms with Crippen LogP contribution in [0.3, 0.4) is 0 Å². The van der Waals surface area contributed by atoms with E-state index in [-0.39, 0.29) is 10.8 Å². The highest BCUT2D eigenvalue weighted by molar-refractivity contribution is 7.89. The van der Waals surface area contributed by atoms with Crippen LogP contribution in [0.15, 0.2) is 47.4 Å². The molecule has 5 nitrogen and oxygen atoms in total. The largest absolute Gasteiger partial charge is 0.416 e. The Balaban J connectivity index is 1.86. The second-order valence-corrected chi connectivity index (χ2v) is 9.60. The fourth-order valence-corrected chi connectivity index (χ4v) is 5.27. The summed E-state index contributed by atoms with van der Waals surface area (Å²) in [7, 11) is -2.38. The first-order valence-corrected chi connectivity index (χ1v) is 11.2. The molecule has 2 aromatic rings. The van der Waals surface area contributed by atoms with Crippen LogP contribution in [0, 0.1) is 0 Å². The van der Waals surface area contributed by atoms with E-state index in [0.717, 1.165) is 31.4 Å². The smallest absolute Gasteiger partial charge is 0.280 e. The number of halogens is 3. The van der Waals surface area contributed by atoms with E-state index >= 15 is 0 Å². The molecule has 2 aromatic carbocycles. The third-order valence-electron chi connectivity index (χ3n) is 6.08. The zero-order chi connectivity index (χ0) is 21.7. The number of rotatable bonds is 3. The summed E-state index contributed by atoms with van der Waals surface area (Å²) in [6.45, 7) is 0. The molecule has 1 aliphatic heterocycles. The topological polar surface area (TPSA) is 66.5 Å². The van der Waals surface area contributed by atoms with Gasteiger partial charge in [0.15, 0.2) is 0 Å². The van der Waals surface area contributed by atoms with E-state index in [1.807, 2.05) is 0 Å². The monoisotopic (exact) mass is 438 g/mol.